The first-order valence-corrected chi connectivity index (χ1v) is 10.6. The lowest BCUT2D eigenvalue weighted by Crippen LogP contribution is -2.57. The minimum absolute atomic E-state index is 0.0726. The average Bonchev–Trinajstić information content (AvgIpc) is 3.11. The second kappa shape index (κ2) is 8.73. The third-order valence-electron chi connectivity index (χ3n) is 3.99. The number of anilines is 1. The number of carbonyl (C=O) groups is 2. The van der Waals surface area contributed by atoms with Gasteiger partial charge in [-0.1, -0.05) is 29.5 Å². The van der Waals surface area contributed by atoms with Crippen LogP contribution in [-0.4, -0.2) is 61.0 Å². The first kappa shape index (κ1) is 20.3. The number of rotatable bonds is 7. The molecule has 1 aromatic heterocycles. The van der Waals surface area contributed by atoms with E-state index in [2.05, 4.69) is 20.8 Å². The number of benzene rings is 1. The zero-order chi connectivity index (χ0) is 20.1. The van der Waals surface area contributed by atoms with Crippen molar-refractivity contribution in [3.63, 3.8) is 0 Å². The SMILES string of the molecule is COCc1nnc(NC(=O)C[C@H]2C(=O)NCCN2S(=O)(=O)c2ccccc2)s1. The van der Waals surface area contributed by atoms with Crippen molar-refractivity contribution in [1.29, 1.82) is 0 Å². The van der Waals surface area contributed by atoms with Gasteiger partial charge in [-0.3, -0.25) is 9.59 Å². The molecule has 1 aromatic carbocycles. The summed E-state index contributed by atoms with van der Waals surface area (Å²) in [6, 6.07) is 6.67. The van der Waals surface area contributed by atoms with Crippen molar-refractivity contribution in [3.05, 3.63) is 35.3 Å². The molecule has 1 saturated heterocycles. The summed E-state index contributed by atoms with van der Waals surface area (Å²) in [4.78, 5) is 24.8. The van der Waals surface area contributed by atoms with E-state index in [4.69, 9.17) is 4.74 Å². The number of aromatic nitrogens is 2. The highest BCUT2D eigenvalue weighted by atomic mass is 32.2. The van der Waals surface area contributed by atoms with Crippen LogP contribution in [0.2, 0.25) is 0 Å². The highest BCUT2D eigenvalue weighted by Crippen LogP contribution is 2.22. The third-order valence-corrected chi connectivity index (χ3v) is 6.73. The van der Waals surface area contributed by atoms with E-state index in [-0.39, 0.29) is 36.1 Å². The molecule has 28 heavy (non-hydrogen) atoms. The number of amides is 2. The molecular weight excluding hydrogens is 406 g/mol. The molecule has 12 heteroatoms. The van der Waals surface area contributed by atoms with Gasteiger partial charge in [-0.25, -0.2) is 8.42 Å². The molecule has 2 amide bonds. The summed E-state index contributed by atoms with van der Waals surface area (Å²) in [5, 5.41) is 13.7. The van der Waals surface area contributed by atoms with E-state index < -0.39 is 27.9 Å². The van der Waals surface area contributed by atoms with Gasteiger partial charge < -0.3 is 15.4 Å². The van der Waals surface area contributed by atoms with Gasteiger partial charge in [0.05, 0.1) is 11.3 Å². The minimum Gasteiger partial charge on any atom is -0.377 e. The van der Waals surface area contributed by atoms with Crippen LogP contribution in [0.3, 0.4) is 0 Å². The van der Waals surface area contributed by atoms with Crippen LogP contribution in [0.25, 0.3) is 0 Å². The Hall–Kier alpha value is -2.41. The van der Waals surface area contributed by atoms with Crippen LogP contribution in [0.15, 0.2) is 35.2 Å². The second-order valence-corrected chi connectivity index (χ2v) is 8.87. The summed E-state index contributed by atoms with van der Waals surface area (Å²) in [7, 11) is -2.40. The number of carbonyl (C=O) groups excluding carboxylic acids is 2. The quantitative estimate of drug-likeness (QED) is 0.648. The van der Waals surface area contributed by atoms with Crippen LogP contribution < -0.4 is 10.6 Å². The highest BCUT2D eigenvalue weighted by molar-refractivity contribution is 7.89. The molecule has 0 unspecified atom stereocenters. The normalized spacial score (nSPS) is 17.9. The van der Waals surface area contributed by atoms with Crippen LogP contribution >= 0.6 is 11.3 Å². The van der Waals surface area contributed by atoms with Gasteiger partial charge in [-0.2, -0.15) is 4.31 Å². The summed E-state index contributed by atoms with van der Waals surface area (Å²) in [5.41, 5.74) is 0. The maximum atomic E-state index is 12.9. The lowest BCUT2D eigenvalue weighted by molar-refractivity contribution is -0.130. The van der Waals surface area contributed by atoms with Gasteiger partial charge in [0.25, 0.3) is 0 Å². The monoisotopic (exact) mass is 425 g/mol. The lowest BCUT2D eigenvalue weighted by Gasteiger charge is -2.33. The van der Waals surface area contributed by atoms with Crippen molar-refractivity contribution in [2.24, 2.45) is 0 Å². The minimum atomic E-state index is -3.92. The molecule has 1 aliphatic heterocycles. The van der Waals surface area contributed by atoms with E-state index in [9.17, 15) is 18.0 Å². The molecule has 1 fully saturated rings. The Bertz CT molecular complexity index is 947. The van der Waals surface area contributed by atoms with Gasteiger partial charge in [0.1, 0.15) is 17.7 Å². The van der Waals surface area contributed by atoms with Crippen LogP contribution in [0, 0.1) is 0 Å². The van der Waals surface area contributed by atoms with Gasteiger partial charge in [0.15, 0.2) is 0 Å². The van der Waals surface area contributed by atoms with Crippen molar-refractivity contribution < 1.29 is 22.7 Å². The van der Waals surface area contributed by atoms with Gasteiger partial charge >= 0.3 is 0 Å². The van der Waals surface area contributed by atoms with E-state index in [1.165, 1.54) is 19.2 Å². The van der Waals surface area contributed by atoms with Gasteiger partial charge in [0, 0.05) is 20.2 Å². The second-order valence-electron chi connectivity index (χ2n) is 5.92. The number of nitrogens with zero attached hydrogens (tertiary/aromatic N) is 3. The molecule has 10 nitrogen and oxygen atoms in total. The Morgan fingerprint density at radius 2 is 2.11 bits per heavy atom. The van der Waals surface area contributed by atoms with Crippen molar-refractivity contribution in [3.8, 4) is 0 Å². The van der Waals surface area contributed by atoms with Crippen molar-refractivity contribution in [1.82, 2.24) is 19.8 Å². The first-order chi connectivity index (χ1) is 13.4. The zero-order valence-corrected chi connectivity index (χ0v) is 16.6. The summed E-state index contributed by atoms with van der Waals surface area (Å²) in [6.45, 7) is 0.527. The van der Waals surface area contributed by atoms with Crippen LogP contribution in [0.5, 0.6) is 0 Å². The van der Waals surface area contributed by atoms with Crippen molar-refractivity contribution in [2.45, 2.75) is 24.0 Å². The molecule has 3 rings (SSSR count). The number of hydrogen-bond acceptors (Lipinski definition) is 8. The Morgan fingerprint density at radius 3 is 2.82 bits per heavy atom. The molecule has 150 valence electrons. The zero-order valence-electron chi connectivity index (χ0n) is 15.0. The smallest absolute Gasteiger partial charge is 0.243 e. The largest absolute Gasteiger partial charge is 0.377 e. The van der Waals surface area contributed by atoms with E-state index in [1.54, 1.807) is 18.2 Å². The maximum absolute atomic E-state index is 12.9. The van der Waals surface area contributed by atoms with E-state index in [0.717, 1.165) is 15.6 Å². The fourth-order valence-corrected chi connectivity index (χ4v) is 5.07. The molecule has 0 aliphatic carbocycles. The number of methoxy groups -OCH3 is 1. The fraction of sp³-hybridized carbons (Fsp3) is 0.375. The lowest BCUT2D eigenvalue weighted by atomic mass is 10.1. The van der Waals surface area contributed by atoms with Crippen molar-refractivity contribution >= 4 is 38.3 Å². The molecule has 1 atom stereocenters. The molecule has 0 bridgehead atoms. The Morgan fingerprint density at radius 1 is 1.36 bits per heavy atom. The highest BCUT2D eigenvalue weighted by Gasteiger charge is 2.39. The number of sulfonamides is 1. The van der Waals surface area contributed by atoms with E-state index in [0.29, 0.717) is 5.01 Å². The van der Waals surface area contributed by atoms with Crippen molar-refractivity contribution in [2.75, 3.05) is 25.5 Å². The van der Waals surface area contributed by atoms with E-state index in [1.807, 2.05) is 0 Å². The first-order valence-electron chi connectivity index (χ1n) is 8.37. The fourth-order valence-electron chi connectivity index (χ4n) is 2.74. The predicted octanol–water partition coefficient (Wildman–Crippen LogP) is 0.202. The molecule has 2 heterocycles. The molecule has 0 saturated carbocycles. The summed E-state index contributed by atoms with van der Waals surface area (Å²) < 4.78 is 31.9. The van der Waals surface area contributed by atoms with Crippen LogP contribution in [0.1, 0.15) is 11.4 Å². The summed E-state index contributed by atoms with van der Waals surface area (Å²) in [6.07, 6.45) is -0.336. The van der Waals surface area contributed by atoms with Crippen LogP contribution in [0.4, 0.5) is 5.13 Å². The average molecular weight is 425 g/mol. The maximum Gasteiger partial charge on any atom is 0.243 e. The molecule has 2 aromatic rings. The Balaban J connectivity index is 1.75. The van der Waals surface area contributed by atoms with Gasteiger partial charge in [-0.05, 0) is 12.1 Å². The van der Waals surface area contributed by atoms with Crippen LogP contribution in [-0.2, 0) is 31.0 Å². The third kappa shape index (κ3) is 4.52. The predicted molar refractivity (Wildman–Crippen MR) is 101 cm³/mol. The van der Waals surface area contributed by atoms with Gasteiger partial charge in [0.2, 0.25) is 27.0 Å². The summed E-state index contributed by atoms with van der Waals surface area (Å²) >= 11 is 1.14. The number of nitrogens with one attached hydrogen (secondary N) is 2. The molecule has 0 spiro atoms. The summed E-state index contributed by atoms with van der Waals surface area (Å²) in [5.74, 6) is -1.05. The Kier molecular flexibility index (Phi) is 6.34. The van der Waals surface area contributed by atoms with E-state index >= 15 is 0 Å². The standard InChI is InChI=1S/C16H19N5O5S2/c1-26-10-14-19-20-16(27-14)18-13(22)9-12-15(23)17-7-8-21(12)28(24,25)11-5-3-2-4-6-11/h2-6,12H,7-10H2,1H3,(H,17,23)(H,18,20,22)/t12-/m0/s1. The number of piperazine rings is 1. The molecule has 1 aliphatic rings. The molecule has 0 radical (unpaired) electrons. The molecule has 2 N–H and O–H groups in total. The van der Waals surface area contributed by atoms with Gasteiger partial charge in [-0.15, -0.1) is 10.2 Å². The number of ether oxygens (including phenoxy) is 1. The Labute approximate surface area is 166 Å². The number of hydrogen-bond donors (Lipinski definition) is 2. The topological polar surface area (TPSA) is 131 Å². The molecular formula is C16H19N5O5S2.